The molecule has 1 rings (SSSR count). The van der Waals surface area contributed by atoms with E-state index in [1.54, 1.807) is 0 Å². The van der Waals surface area contributed by atoms with Gasteiger partial charge in [-0.05, 0) is 23.3 Å². The molecule has 0 radical (unpaired) electrons. The van der Waals surface area contributed by atoms with Crippen LogP contribution in [0.2, 0.25) is 0 Å². The van der Waals surface area contributed by atoms with Gasteiger partial charge < -0.3 is 0 Å². The third-order valence-corrected chi connectivity index (χ3v) is 3.95. The van der Waals surface area contributed by atoms with Gasteiger partial charge in [-0.1, -0.05) is 6.92 Å². The lowest BCUT2D eigenvalue weighted by Crippen LogP contribution is -2.27. The summed E-state index contributed by atoms with van der Waals surface area (Å²) >= 11 is 10.6. The first-order valence-electron chi connectivity index (χ1n) is 3.18. The van der Waals surface area contributed by atoms with Crippen LogP contribution in [-0.4, -0.2) is 15.6 Å². The second-order valence-corrected chi connectivity index (χ2v) is 5.53. The minimum atomic E-state index is 0.547. The molecule has 0 aliphatic carbocycles. The van der Waals surface area contributed by atoms with Crippen molar-refractivity contribution in [3.8, 4) is 0 Å². The summed E-state index contributed by atoms with van der Waals surface area (Å²) in [6.45, 7) is 2.15. The Kier molecular flexibility index (Phi) is 3.12. The highest BCUT2D eigenvalue weighted by atomic mass is 32.2. The van der Waals surface area contributed by atoms with Crippen molar-refractivity contribution in [3.63, 3.8) is 0 Å². The van der Waals surface area contributed by atoms with E-state index in [1.165, 1.54) is 12.2 Å². The lowest BCUT2D eigenvalue weighted by atomic mass is 10.1. The molecule has 0 saturated carbocycles. The van der Waals surface area contributed by atoms with Gasteiger partial charge in [0, 0.05) is 0 Å². The average molecular weight is 180 g/mol. The van der Waals surface area contributed by atoms with E-state index in [2.05, 4.69) is 32.2 Å². The van der Waals surface area contributed by atoms with E-state index >= 15 is 0 Å². The molecule has 0 amide bonds. The predicted octanol–water partition coefficient (Wildman–Crippen LogP) is 2.31. The van der Waals surface area contributed by atoms with E-state index in [0.29, 0.717) is 9.83 Å². The molecule has 0 nitrogen and oxygen atoms in total. The van der Waals surface area contributed by atoms with Crippen LogP contribution in [0.5, 0.6) is 0 Å². The Morgan fingerprint density at radius 1 is 1.78 bits per heavy atom. The Bertz CT molecular complexity index is 92.3. The van der Waals surface area contributed by atoms with Gasteiger partial charge in [-0.2, -0.15) is 25.3 Å². The first kappa shape index (κ1) is 8.15. The van der Waals surface area contributed by atoms with Crippen LogP contribution in [0, 0.1) is 5.92 Å². The Balaban J connectivity index is 2.13. The van der Waals surface area contributed by atoms with Gasteiger partial charge in [-0.3, -0.25) is 0 Å². The number of thioether (sulfide) groups is 1. The fraction of sp³-hybridized carbons (Fsp3) is 1.00. The van der Waals surface area contributed by atoms with Crippen molar-refractivity contribution < 1.29 is 0 Å². The predicted molar refractivity (Wildman–Crippen MR) is 51.8 cm³/mol. The van der Waals surface area contributed by atoms with Crippen molar-refractivity contribution in [3.05, 3.63) is 0 Å². The summed E-state index contributed by atoms with van der Waals surface area (Å²) in [5, 5.41) is 0.547. The molecule has 9 heavy (non-hydrogen) atoms. The number of hydrogen-bond acceptors (Lipinski definition) is 3. The van der Waals surface area contributed by atoms with Crippen LogP contribution in [0.25, 0.3) is 0 Å². The lowest BCUT2D eigenvalue weighted by Gasteiger charge is -2.33. The van der Waals surface area contributed by atoms with E-state index < -0.39 is 0 Å². The maximum atomic E-state index is 4.38. The van der Waals surface area contributed by atoms with Crippen molar-refractivity contribution in [1.29, 1.82) is 0 Å². The Hall–Kier alpha value is 1.05. The van der Waals surface area contributed by atoms with E-state index in [0.717, 1.165) is 5.92 Å². The molecular weight excluding hydrogens is 168 g/mol. The van der Waals surface area contributed by atoms with Crippen molar-refractivity contribution in [2.75, 3.05) is 5.75 Å². The summed E-state index contributed by atoms with van der Waals surface area (Å²) in [5.41, 5.74) is 0. The fourth-order valence-electron chi connectivity index (χ4n) is 0.941. The van der Waals surface area contributed by atoms with Crippen molar-refractivity contribution in [2.45, 2.75) is 23.2 Å². The van der Waals surface area contributed by atoms with Gasteiger partial charge >= 0.3 is 0 Å². The second kappa shape index (κ2) is 3.44. The maximum Gasteiger partial charge on any atom is 0.0508 e. The van der Waals surface area contributed by atoms with Crippen LogP contribution in [0.1, 0.15) is 13.3 Å². The SMILES string of the molecule is CC(S)CC1CSC1S. The molecule has 3 atom stereocenters. The summed E-state index contributed by atoms with van der Waals surface area (Å²) in [4.78, 5) is 0. The second-order valence-electron chi connectivity index (χ2n) is 2.57. The van der Waals surface area contributed by atoms with Gasteiger partial charge in [-0.25, -0.2) is 0 Å². The highest BCUT2D eigenvalue weighted by Crippen LogP contribution is 2.40. The van der Waals surface area contributed by atoms with Gasteiger partial charge in [0.05, 0.1) is 4.58 Å². The summed E-state index contributed by atoms with van der Waals surface area (Å²) in [7, 11) is 0. The molecule has 0 spiro atoms. The van der Waals surface area contributed by atoms with Crippen LogP contribution >= 0.6 is 37.0 Å². The van der Waals surface area contributed by atoms with E-state index in [1.807, 2.05) is 11.8 Å². The smallest absolute Gasteiger partial charge is 0.0508 e. The summed E-state index contributed by atoms with van der Waals surface area (Å²) < 4.78 is 0.597. The minimum absolute atomic E-state index is 0.547. The topological polar surface area (TPSA) is 0 Å². The molecule has 1 aliphatic heterocycles. The fourth-order valence-corrected chi connectivity index (χ4v) is 2.73. The molecule has 0 aromatic heterocycles. The molecule has 54 valence electrons. The molecule has 0 aromatic carbocycles. The third-order valence-electron chi connectivity index (χ3n) is 1.53. The Morgan fingerprint density at radius 2 is 2.44 bits per heavy atom. The number of thiol groups is 2. The van der Waals surface area contributed by atoms with Gasteiger partial charge in [0.25, 0.3) is 0 Å². The molecule has 1 heterocycles. The zero-order valence-electron chi connectivity index (χ0n) is 5.45. The normalized spacial score (nSPS) is 37.7. The Labute approximate surface area is 72.0 Å². The summed E-state index contributed by atoms with van der Waals surface area (Å²) in [5.74, 6) is 2.12. The minimum Gasteiger partial charge on any atom is -0.176 e. The van der Waals surface area contributed by atoms with Crippen LogP contribution in [-0.2, 0) is 0 Å². The van der Waals surface area contributed by atoms with Gasteiger partial charge in [0.1, 0.15) is 0 Å². The number of hydrogen-bond donors (Lipinski definition) is 2. The molecule has 1 aliphatic rings. The largest absolute Gasteiger partial charge is 0.176 e. The van der Waals surface area contributed by atoms with E-state index in [-0.39, 0.29) is 0 Å². The van der Waals surface area contributed by atoms with Gasteiger partial charge in [0.2, 0.25) is 0 Å². The average Bonchev–Trinajstić information content (AvgIpc) is 1.79. The van der Waals surface area contributed by atoms with Crippen molar-refractivity contribution >= 4 is 37.0 Å². The molecule has 1 fully saturated rings. The van der Waals surface area contributed by atoms with Crippen molar-refractivity contribution in [1.82, 2.24) is 0 Å². The van der Waals surface area contributed by atoms with Crippen LogP contribution in [0.3, 0.4) is 0 Å². The standard InChI is InChI=1S/C6H12S3/c1-4(7)2-5-3-9-6(5)8/h4-8H,2-3H2,1H3. The molecule has 3 heteroatoms. The summed E-state index contributed by atoms with van der Waals surface area (Å²) in [6, 6.07) is 0. The van der Waals surface area contributed by atoms with Gasteiger partial charge in [-0.15, -0.1) is 11.8 Å². The zero-order valence-corrected chi connectivity index (χ0v) is 8.05. The van der Waals surface area contributed by atoms with Crippen LogP contribution in [0.15, 0.2) is 0 Å². The van der Waals surface area contributed by atoms with Crippen LogP contribution < -0.4 is 0 Å². The first-order valence-corrected chi connectivity index (χ1v) is 5.26. The van der Waals surface area contributed by atoms with E-state index in [4.69, 9.17) is 0 Å². The Morgan fingerprint density at radius 3 is 2.56 bits per heavy atom. The summed E-state index contributed by atoms with van der Waals surface area (Å²) in [6.07, 6.45) is 1.23. The zero-order chi connectivity index (χ0) is 6.85. The molecule has 0 bridgehead atoms. The van der Waals surface area contributed by atoms with Crippen molar-refractivity contribution in [2.24, 2.45) is 5.92 Å². The molecular formula is C6H12S3. The highest BCUT2D eigenvalue weighted by Gasteiger charge is 2.28. The quantitative estimate of drug-likeness (QED) is 0.615. The van der Waals surface area contributed by atoms with Gasteiger partial charge in [0.15, 0.2) is 0 Å². The molecule has 1 saturated heterocycles. The molecule has 0 aromatic rings. The van der Waals surface area contributed by atoms with E-state index in [9.17, 15) is 0 Å². The maximum absolute atomic E-state index is 4.38. The lowest BCUT2D eigenvalue weighted by molar-refractivity contribution is 0.560. The monoisotopic (exact) mass is 180 g/mol. The highest BCUT2D eigenvalue weighted by molar-refractivity contribution is 8.11. The number of rotatable bonds is 2. The van der Waals surface area contributed by atoms with Crippen LogP contribution in [0.4, 0.5) is 0 Å². The third kappa shape index (κ3) is 2.28. The molecule has 3 unspecified atom stereocenters. The first-order chi connectivity index (χ1) is 4.20. The molecule has 0 N–H and O–H groups in total.